The lowest BCUT2D eigenvalue weighted by Crippen LogP contribution is -2.32. The van der Waals surface area contributed by atoms with Gasteiger partial charge in [-0.15, -0.1) is 0 Å². The van der Waals surface area contributed by atoms with Crippen molar-refractivity contribution in [3.63, 3.8) is 0 Å². The molecule has 2 aromatic carbocycles. The third-order valence-electron chi connectivity index (χ3n) is 6.42. The van der Waals surface area contributed by atoms with Gasteiger partial charge in [-0.3, -0.25) is 0 Å². The Morgan fingerprint density at radius 3 is 1.18 bits per heavy atom. The summed E-state index contributed by atoms with van der Waals surface area (Å²) < 4.78 is 27.6. The lowest BCUT2D eigenvalue weighted by Gasteiger charge is -2.34. The van der Waals surface area contributed by atoms with Crippen LogP contribution in [0, 0.1) is 0 Å². The van der Waals surface area contributed by atoms with Crippen LogP contribution in [0.15, 0.2) is 34.1 Å². The molecule has 186 valence electrons. The number of fused-ring (bicyclic) bond motifs is 2. The monoisotopic (exact) mass is 498 g/mol. The highest BCUT2D eigenvalue weighted by molar-refractivity contribution is 7.85. The largest absolute Gasteiger partial charge is 0.853 e. The molecule has 34 heavy (non-hydrogen) atoms. The molecule has 0 fully saturated rings. The molecule has 0 atom stereocenters. The highest BCUT2D eigenvalue weighted by atomic mass is 32.2. The quantitative estimate of drug-likeness (QED) is 0.346. The first-order valence-corrected chi connectivity index (χ1v) is 15.6. The maximum absolute atomic E-state index is 14.5. The molecule has 0 unspecified atom stereocenters. The SMILES string of the molecule is [CH3][Al]1[O]c2c(cc(C(C)(C)C)cc2C(C)(C)C)S(=O)c2cc(C(C)(C)C)cc(C(C)(C)C)c2[O]1. The van der Waals surface area contributed by atoms with Crippen LogP contribution >= 0.6 is 0 Å². The molecule has 0 radical (unpaired) electrons. The van der Waals surface area contributed by atoms with E-state index in [0.29, 0.717) is 0 Å². The van der Waals surface area contributed by atoms with Crippen LogP contribution < -0.4 is 7.58 Å². The summed E-state index contributed by atoms with van der Waals surface area (Å²) in [4.78, 5) is 1.54. The van der Waals surface area contributed by atoms with E-state index in [1.54, 1.807) is 0 Å². The van der Waals surface area contributed by atoms with Crippen LogP contribution in [0.4, 0.5) is 0 Å². The zero-order valence-corrected chi connectivity index (χ0v) is 25.5. The van der Waals surface area contributed by atoms with Crippen molar-refractivity contribution in [1.82, 2.24) is 0 Å². The van der Waals surface area contributed by atoms with Crippen LogP contribution in [0.25, 0.3) is 0 Å². The number of benzene rings is 2. The van der Waals surface area contributed by atoms with E-state index in [9.17, 15) is 4.21 Å². The average molecular weight is 499 g/mol. The third kappa shape index (κ3) is 5.43. The Balaban J connectivity index is 2.46. The Labute approximate surface area is 215 Å². The van der Waals surface area contributed by atoms with Crippen LogP contribution in [-0.4, -0.2) is 19.0 Å². The molecule has 0 spiro atoms. The van der Waals surface area contributed by atoms with Gasteiger partial charge in [0, 0.05) is 0 Å². The van der Waals surface area contributed by atoms with Crippen molar-refractivity contribution in [2.24, 2.45) is 0 Å². The standard InChI is InChI=1S/C28H42O3S.CH3.Al/c1-25(2,3)17-13-19(27(7,8)9)23(29)21(15-17)32(31)22-16-18(26(4,5)6)14-20(24(22)30)28(10,11)12;;/h13-16,29-30H,1-12H3;1H3;/q;;+2/p-2. The van der Waals surface area contributed by atoms with Gasteiger partial charge < -0.3 is 7.58 Å². The summed E-state index contributed by atoms with van der Waals surface area (Å²) >= 11 is -2.12. The molecule has 3 nitrogen and oxygen atoms in total. The smallest absolute Gasteiger partial charge is 0.611 e. The summed E-state index contributed by atoms with van der Waals surface area (Å²) in [6.45, 7) is 26.4. The molecule has 0 bridgehead atoms. The van der Waals surface area contributed by atoms with Gasteiger partial charge in [0.1, 0.15) is 11.5 Å². The van der Waals surface area contributed by atoms with Gasteiger partial charge in [-0.25, -0.2) is 4.21 Å². The predicted octanol–water partition coefficient (Wildman–Crippen LogP) is 7.93. The fraction of sp³-hybridized carbons (Fsp3) is 0.586. The van der Waals surface area contributed by atoms with E-state index < -0.39 is 25.6 Å². The minimum absolute atomic E-state index is 0.0756. The zero-order valence-electron chi connectivity index (χ0n) is 23.5. The van der Waals surface area contributed by atoms with E-state index in [4.69, 9.17) is 7.58 Å². The molecule has 0 saturated heterocycles. The molecule has 5 heteroatoms. The molecule has 0 aromatic heterocycles. The molecular weight excluding hydrogens is 455 g/mol. The van der Waals surface area contributed by atoms with Crippen molar-refractivity contribution in [1.29, 1.82) is 0 Å². The second-order valence-electron chi connectivity index (χ2n) is 13.8. The van der Waals surface area contributed by atoms with Crippen LogP contribution in [0.3, 0.4) is 0 Å². The summed E-state index contributed by atoms with van der Waals surface area (Å²) in [5.74, 6) is 3.57. The fourth-order valence-corrected chi connectivity index (χ4v) is 6.93. The van der Waals surface area contributed by atoms with Gasteiger partial charge in [0.25, 0.3) is 0 Å². The van der Waals surface area contributed by atoms with Gasteiger partial charge in [0.2, 0.25) is 0 Å². The molecule has 0 saturated carbocycles. The normalized spacial score (nSPS) is 15.6. The van der Waals surface area contributed by atoms with Crippen LogP contribution in [0.5, 0.6) is 11.5 Å². The van der Waals surface area contributed by atoms with Crippen molar-refractivity contribution in [3.8, 4) is 11.5 Å². The maximum Gasteiger partial charge on any atom is 0.853 e. The molecule has 0 aliphatic carbocycles. The molecule has 0 amide bonds. The van der Waals surface area contributed by atoms with Crippen molar-refractivity contribution in [2.45, 2.75) is 120 Å². The average Bonchev–Trinajstić information content (AvgIpc) is 2.63. The molecule has 0 N–H and O–H groups in total. The molecule has 3 rings (SSSR count). The van der Waals surface area contributed by atoms with Crippen LogP contribution in [0.1, 0.15) is 105 Å². The first-order valence-electron chi connectivity index (χ1n) is 12.3. The predicted molar refractivity (Wildman–Crippen MR) is 145 cm³/mol. The Morgan fingerprint density at radius 2 is 0.912 bits per heavy atom. The van der Waals surface area contributed by atoms with E-state index in [1.165, 1.54) is 11.1 Å². The summed E-state index contributed by atoms with van der Waals surface area (Å²) in [6.07, 6.45) is 0. The van der Waals surface area contributed by atoms with Gasteiger partial charge >= 0.3 is 14.8 Å². The molecular formula is C29H43AlO3S. The second-order valence-corrected chi connectivity index (χ2v) is 16.8. The molecule has 2 aromatic rings. The van der Waals surface area contributed by atoms with Crippen molar-refractivity contribution >= 4 is 25.6 Å². The number of hydrogen-bond donors (Lipinski definition) is 0. The molecule has 1 heterocycles. The van der Waals surface area contributed by atoms with Crippen molar-refractivity contribution < 1.29 is 11.8 Å². The third-order valence-corrected chi connectivity index (χ3v) is 8.97. The van der Waals surface area contributed by atoms with E-state index in [0.717, 1.165) is 32.4 Å². The number of hydrogen-bond acceptors (Lipinski definition) is 3. The lowest BCUT2D eigenvalue weighted by molar-refractivity contribution is 0.395. The first-order chi connectivity index (χ1) is 15.2. The van der Waals surface area contributed by atoms with Gasteiger partial charge in [-0.2, -0.15) is 0 Å². The maximum atomic E-state index is 14.5. The second kappa shape index (κ2) is 8.68. The van der Waals surface area contributed by atoms with E-state index in [1.807, 2.05) is 0 Å². The summed E-state index contributed by atoms with van der Waals surface area (Å²) in [5.41, 5.74) is 4.07. The van der Waals surface area contributed by atoms with E-state index in [2.05, 4.69) is 113 Å². The van der Waals surface area contributed by atoms with Gasteiger partial charge in [-0.05, 0) is 61.8 Å². The van der Waals surface area contributed by atoms with Gasteiger partial charge in [0.15, 0.2) is 0 Å². The van der Waals surface area contributed by atoms with E-state index >= 15 is 0 Å². The zero-order chi connectivity index (χ0) is 26.0. The number of rotatable bonds is 0. The Morgan fingerprint density at radius 1 is 0.588 bits per heavy atom. The minimum Gasteiger partial charge on any atom is -0.611 e. The highest BCUT2D eigenvalue weighted by Gasteiger charge is 2.39. The molecule has 1 aliphatic rings. The summed E-state index contributed by atoms with van der Waals surface area (Å²) in [7, 11) is -1.44. The Bertz CT molecular complexity index is 1040. The van der Waals surface area contributed by atoms with Crippen molar-refractivity contribution in [3.05, 3.63) is 46.5 Å². The van der Waals surface area contributed by atoms with Crippen molar-refractivity contribution in [2.75, 3.05) is 0 Å². The lowest BCUT2D eigenvalue weighted by atomic mass is 9.80. The topological polar surface area (TPSA) is 35.5 Å². The summed E-state index contributed by atoms with van der Waals surface area (Å²) in [5, 5.41) is 0. The Kier molecular flexibility index (Phi) is 6.98. The fourth-order valence-electron chi connectivity index (χ4n) is 4.18. The molecule has 1 aliphatic heterocycles. The van der Waals surface area contributed by atoms with E-state index in [-0.39, 0.29) is 21.7 Å². The van der Waals surface area contributed by atoms with Crippen LogP contribution in [0.2, 0.25) is 5.79 Å². The minimum atomic E-state index is -2.12. The van der Waals surface area contributed by atoms with Gasteiger partial charge in [0.05, 0.1) is 20.6 Å². The van der Waals surface area contributed by atoms with Gasteiger partial charge in [-0.1, -0.05) is 95.2 Å². The summed E-state index contributed by atoms with van der Waals surface area (Å²) in [6, 6.07) is 8.70. The first kappa shape index (κ1) is 27.3. The van der Waals surface area contributed by atoms with Crippen LogP contribution in [-0.2, 0) is 32.5 Å². The Hall–Kier alpha value is -1.28. The highest BCUT2D eigenvalue weighted by Crippen LogP contribution is 2.47.